The first-order valence-corrected chi connectivity index (χ1v) is 11.0. The number of aryl methyl sites for hydroxylation is 1. The molecule has 0 amide bonds. The molecule has 11 nitrogen and oxygen atoms in total. The van der Waals surface area contributed by atoms with Crippen LogP contribution in [0.1, 0.15) is 43.4 Å². The molecule has 4 N–H and O–H groups in total. The van der Waals surface area contributed by atoms with Crippen LogP contribution in [-0.4, -0.2) is 81.0 Å². The SMILES string of the molecule is CCCSc1nc(NCC(F)(F)F)c2nnn([C@@H]3C[C@H](c4n[nH]c(C)n4)[C@@H](O)[C@H]3O)c2n1. The molecule has 1 aliphatic carbocycles. The lowest BCUT2D eigenvalue weighted by molar-refractivity contribution is -0.115. The summed E-state index contributed by atoms with van der Waals surface area (Å²) in [4.78, 5) is 12.8. The number of aliphatic hydroxyl groups is 2. The number of aliphatic hydroxyl groups excluding tert-OH is 2. The molecule has 3 aromatic rings. The lowest BCUT2D eigenvalue weighted by Crippen LogP contribution is -2.29. The summed E-state index contributed by atoms with van der Waals surface area (Å²) >= 11 is 1.29. The second-order valence-corrected chi connectivity index (χ2v) is 8.61. The molecule has 0 bridgehead atoms. The van der Waals surface area contributed by atoms with Crippen LogP contribution >= 0.6 is 11.8 Å². The molecule has 0 aliphatic heterocycles. The first kappa shape index (κ1) is 22.7. The number of aromatic amines is 1. The third-order valence-electron chi connectivity index (χ3n) is 5.11. The lowest BCUT2D eigenvalue weighted by atomic mass is 10.1. The third-order valence-corrected chi connectivity index (χ3v) is 6.16. The number of hydrogen-bond donors (Lipinski definition) is 4. The van der Waals surface area contributed by atoms with Gasteiger partial charge in [-0.15, -0.1) is 5.10 Å². The Hall–Kier alpha value is -2.52. The van der Waals surface area contributed by atoms with Crippen LogP contribution in [0.4, 0.5) is 19.0 Å². The summed E-state index contributed by atoms with van der Waals surface area (Å²) in [6.07, 6.45) is -5.77. The molecule has 4 atom stereocenters. The zero-order valence-electron chi connectivity index (χ0n) is 17.2. The van der Waals surface area contributed by atoms with Gasteiger partial charge in [-0.3, -0.25) is 5.10 Å². The van der Waals surface area contributed by atoms with Crippen LogP contribution in [0, 0.1) is 6.92 Å². The van der Waals surface area contributed by atoms with E-state index in [0.29, 0.717) is 17.4 Å². The molecule has 0 unspecified atom stereocenters. The molecule has 174 valence electrons. The Morgan fingerprint density at radius 2 is 2.00 bits per heavy atom. The summed E-state index contributed by atoms with van der Waals surface area (Å²) in [6.45, 7) is 2.39. The van der Waals surface area contributed by atoms with E-state index in [1.807, 2.05) is 6.92 Å². The first-order valence-electron chi connectivity index (χ1n) is 9.99. The molecule has 3 heterocycles. The van der Waals surface area contributed by atoms with Crippen LogP contribution in [0.5, 0.6) is 0 Å². The number of alkyl halides is 3. The van der Waals surface area contributed by atoms with Gasteiger partial charge in [-0.1, -0.05) is 23.9 Å². The summed E-state index contributed by atoms with van der Waals surface area (Å²) in [6, 6.07) is -0.729. The van der Waals surface area contributed by atoms with Crippen molar-refractivity contribution in [2.75, 3.05) is 17.6 Å². The standard InChI is InChI=1S/C17H22F3N9O2S/c1-3-4-32-16-23-14(21-6-17(18,19)20)10-15(24-16)29(28-26-10)9-5-8(11(30)12(9)31)13-22-7(2)25-27-13/h8-9,11-12,30-31H,3-6H2,1-2H3,(H,21,23,24)(H,22,25,27)/t8-,9+,11+,12-/m0/s1. The summed E-state index contributed by atoms with van der Waals surface area (Å²) in [5.74, 6) is 0.955. The predicted molar refractivity (Wildman–Crippen MR) is 108 cm³/mol. The molecule has 0 saturated heterocycles. The summed E-state index contributed by atoms with van der Waals surface area (Å²) in [5.41, 5.74) is 0.223. The number of thioether (sulfide) groups is 1. The van der Waals surface area contributed by atoms with Gasteiger partial charge in [0.2, 0.25) is 0 Å². The van der Waals surface area contributed by atoms with Crippen molar-refractivity contribution in [1.82, 2.24) is 40.1 Å². The average Bonchev–Trinajstić information content (AvgIpc) is 3.42. The zero-order chi connectivity index (χ0) is 23.0. The fraction of sp³-hybridized carbons (Fsp3) is 0.647. The maximum absolute atomic E-state index is 12.8. The normalized spacial score (nSPS) is 23.8. The van der Waals surface area contributed by atoms with Gasteiger partial charge in [0.25, 0.3) is 0 Å². The topological polar surface area (TPSA) is 151 Å². The van der Waals surface area contributed by atoms with E-state index >= 15 is 0 Å². The second-order valence-electron chi connectivity index (χ2n) is 7.55. The number of nitrogens with zero attached hydrogens (tertiary/aromatic N) is 7. The van der Waals surface area contributed by atoms with Gasteiger partial charge in [-0.05, 0) is 19.8 Å². The van der Waals surface area contributed by atoms with E-state index in [0.717, 1.165) is 6.42 Å². The molecule has 0 radical (unpaired) electrons. The van der Waals surface area contributed by atoms with Crippen molar-refractivity contribution in [3.63, 3.8) is 0 Å². The van der Waals surface area contributed by atoms with Crippen LogP contribution in [0.2, 0.25) is 0 Å². The number of H-pyrrole nitrogens is 1. The average molecular weight is 473 g/mol. The number of hydrogen-bond acceptors (Lipinski definition) is 10. The van der Waals surface area contributed by atoms with Gasteiger partial charge in [0.1, 0.15) is 18.5 Å². The van der Waals surface area contributed by atoms with E-state index < -0.39 is 36.9 Å². The molecular weight excluding hydrogens is 451 g/mol. The molecule has 0 aromatic carbocycles. The highest BCUT2D eigenvalue weighted by atomic mass is 32.2. The van der Waals surface area contributed by atoms with Crippen LogP contribution < -0.4 is 5.32 Å². The van der Waals surface area contributed by atoms with Crippen molar-refractivity contribution < 1.29 is 23.4 Å². The third kappa shape index (κ3) is 4.49. The van der Waals surface area contributed by atoms with Gasteiger partial charge in [0.15, 0.2) is 28.0 Å². The van der Waals surface area contributed by atoms with Gasteiger partial charge in [-0.25, -0.2) is 19.6 Å². The molecular formula is C17H22F3N9O2S. The number of nitrogens with one attached hydrogen (secondary N) is 2. The van der Waals surface area contributed by atoms with Crippen LogP contribution in [0.25, 0.3) is 11.2 Å². The molecule has 15 heteroatoms. The highest BCUT2D eigenvalue weighted by Crippen LogP contribution is 2.41. The largest absolute Gasteiger partial charge is 0.405 e. The van der Waals surface area contributed by atoms with Crippen molar-refractivity contribution in [2.24, 2.45) is 0 Å². The molecule has 0 spiro atoms. The maximum Gasteiger partial charge on any atom is 0.405 e. The number of anilines is 1. The minimum absolute atomic E-state index is 0.0500. The highest BCUT2D eigenvalue weighted by Gasteiger charge is 2.46. The first-order chi connectivity index (χ1) is 15.2. The van der Waals surface area contributed by atoms with E-state index in [4.69, 9.17) is 0 Å². The number of rotatable bonds is 7. The molecule has 3 aromatic heterocycles. The summed E-state index contributed by atoms with van der Waals surface area (Å²) in [5, 5.41) is 38.6. The molecule has 4 rings (SSSR count). The Balaban J connectivity index is 1.70. The fourth-order valence-corrected chi connectivity index (χ4v) is 4.33. The smallest absolute Gasteiger partial charge is 0.390 e. The molecule has 1 fully saturated rings. The molecule has 32 heavy (non-hydrogen) atoms. The molecule has 1 aliphatic rings. The number of aromatic nitrogens is 8. The number of fused-ring (bicyclic) bond motifs is 1. The van der Waals surface area contributed by atoms with E-state index in [9.17, 15) is 23.4 Å². The monoisotopic (exact) mass is 473 g/mol. The van der Waals surface area contributed by atoms with E-state index in [-0.39, 0.29) is 28.6 Å². The van der Waals surface area contributed by atoms with Crippen molar-refractivity contribution in [3.05, 3.63) is 11.6 Å². The van der Waals surface area contributed by atoms with E-state index in [1.54, 1.807) is 6.92 Å². The van der Waals surface area contributed by atoms with Gasteiger partial charge in [-0.2, -0.15) is 18.3 Å². The van der Waals surface area contributed by atoms with Crippen LogP contribution in [0.15, 0.2) is 5.16 Å². The Morgan fingerprint density at radius 1 is 1.22 bits per heavy atom. The van der Waals surface area contributed by atoms with Gasteiger partial charge < -0.3 is 15.5 Å². The Kier molecular flexibility index (Phi) is 6.22. The highest BCUT2D eigenvalue weighted by molar-refractivity contribution is 7.99. The summed E-state index contributed by atoms with van der Waals surface area (Å²) in [7, 11) is 0. The van der Waals surface area contributed by atoms with Gasteiger partial charge in [0.05, 0.1) is 18.1 Å². The van der Waals surface area contributed by atoms with Gasteiger partial charge in [0, 0.05) is 5.75 Å². The minimum Gasteiger partial charge on any atom is -0.390 e. The van der Waals surface area contributed by atoms with Crippen molar-refractivity contribution in [2.45, 2.75) is 62.2 Å². The van der Waals surface area contributed by atoms with Gasteiger partial charge >= 0.3 is 6.18 Å². The lowest BCUT2D eigenvalue weighted by Gasteiger charge is -2.17. The predicted octanol–water partition coefficient (Wildman–Crippen LogP) is 1.57. The number of halogens is 3. The summed E-state index contributed by atoms with van der Waals surface area (Å²) < 4.78 is 39.6. The van der Waals surface area contributed by atoms with E-state index in [1.165, 1.54) is 16.4 Å². The van der Waals surface area contributed by atoms with Crippen molar-refractivity contribution >= 4 is 28.7 Å². The second kappa shape index (κ2) is 8.78. The van der Waals surface area contributed by atoms with Crippen LogP contribution in [-0.2, 0) is 0 Å². The van der Waals surface area contributed by atoms with E-state index in [2.05, 4.69) is 40.8 Å². The molecule has 1 saturated carbocycles. The Morgan fingerprint density at radius 3 is 2.66 bits per heavy atom. The Labute approximate surface area is 184 Å². The van der Waals surface area contributed by atoms with Crippen molar-refractivity contribution in [1.29, 1.82) is 0 Å². The Bertz CT molecular complexity index is 1090. The zero-order valence-corrected chi connectivity index (χ0v) is 18.0. The fourth-order valence-electron chi connectivity index (χ4n) is 3.63. The maximum atomic E-state index is 12.8. The van der Waals surface area contributed by atoms with Crippen LogP contribution in [0.3, 0.4) is 0 Å². The minimum atomic E-state index is -4.45. The van der Waals surface area contributed by atoms with Crippen molar-refractivity contribution in [3.8, 4) is 0 Å². The quantitative estimate of drug-likeness (QED) is 0.294.